The number of hydrogen-bond acceptors (Lipinski definition) is 4. The average molecular weight is 307 g/mol. The molecule has 5 nitrogen and oxygen atoms in total. The molecule has 5 heteroatoms. The molecule has 0 aliphatic carbocycles. The number of carbonyl (C=O) groups is 1. The molecular formula is C17H25NO4. The van der Waals surface area contributed by atoms with E-state index in [1.54, 1.807) is 21.1 Å². The van der Waals surface area contributed by atoms with Crippen LogP contribution in [0.3, 0.4) is 0 Å². The van der Waals surface area contributed by atoms with Crippen LogP contribution < -0.4 is 9.47 Å². The third-order valence-electron chi connectivity index (χ3n) is 4.14. The quantitative estimate of drug-likeness (QED) is 0.877. The molecule has 0 bridgehead atoms. The highest BCUT2D eigenvalue weighted by atomic mass is 16.5. The van der Waals surface area contributed by atoms with Crippen molar-refractivity contribution in [1.82, 2.24) is 4.90 Å². The molecule has 1 heterocycles. The minimum atomic E-state index is -0.439. The van der Waals surface area contributed by atoms with Crippen molar-refractivity contribution < 1.29 is 19.4 Å². The Morgan fingerprint density at radius 2 is 2.09 bits per heavy atom. The largest absolute Gasteiger partial charge is 0.493 e. The van der Waals surface area contributed by atoms with Gasteiger partial charge in [0.15, 0.2) is 11.5 Å². The Hall–Kier alpha value is -1.75. The first-order valence-corrected chi connectivity index (χ1v) is 7.76. The first kappa shape index (κ1) is 16.6. The van der Waals surface area contributed by atoms with Crippen molar-refractivity contribution >= 4 is 5.91 Å². The minimum Gasteiger partial charge on any atom is -0.493 e. The fraction of sp³-hybridized carbons (Fsp3) is 0.588. The number of benzene rings is 1. The monoisotopic (exact) mass is 307 g/mol. The van der Waals surface area contributed by atoms with Crippen LogP contribution in [0.1, 0.15) is 44.2 Å². The summed E-state index contributed by atoms with van der Waals surface area (Å²) in [4.78, 5) is 14.3. The van der Waals surface area contributed by atoms with Gasteiger partial charge in [-0.25, -0.2) is 0 Å². The zero-order chi connectivity index (χ0) is 16.1. The predicted molar refractivity (Wildman–Crippen MR) is 84.1 cm³/mol. The molecule has 0 radical (unpaired) electrons. The topological polar surface area (TPSA) is 59.0 Å². The van der Waals surface area contributed by atoms with Gasteiger partial charge in [-0.1, -0.05) is 6.07 Å². The maximum atomic E-state index is 12.4. The van der Waals surface area contributed by atoms with Crippen molar-refractivity contribution in [2.75, 3.05) is 20.8 Å². The highest BCUT2D eigenvalue weighted by Crippen LogP contribution is 2.37. The van der Waals surface area contributed by atoms with E-state index in [1.165, 1.54) is 0 Å². The van der Waals surface area contributed by atoms with Crippen LogP contribution in [0.25, 0.3) is 0 Å². The van der Waals surface area contributed by atoms with Crippen LogP contribution in [0.2, 0.25) is 0 Å². The zero-order valence-corrected chi connectivity index (χ0v) is 13.5. The van der Waals surface area contributed by atoms with Gasteiger partial charge in [0.25, 0.3) is 0 Å². The standard InChI is InChI=1S/C17H25NO4/c1-12(19)6-9-17(20)18-10-4-5-14(18)13-7-8-15(21-2)16(11-13)22-3/h7-8,11-12,14,19H,4-6,9-10H2,1-3H3/t12-,14-/m0/s1. The van der Waals surface area contributed by atoms with E-state index >= 15 is 0 Å². The Morgan fingerprint density at radius 1 is 1.36 bits per heavy atom. The molecule has 1 aliphatic rings. The number of methoxy groups -OCH3 is 2. The van der Waals surface area contributed by atoms with Crippen molar-refractivity contribution in [3.8, 4) is 11.5 Å². The zero-order valence-electron chi connectivity index (χ0n) is 13.5. The number of ether oxygens (including phenoxy) is 2. The lowest BCUT2D eigenvalue weighted by molar-refractivity contribution is -0.132. The number of aliphatic hydroxyl groups is 1. The Morgan fingerprint density at radius 3 is 2.73 bits per heavy atom. The van der Waals surface area contributed by atoms with Gasteiger partial charge in [0.1, 0.15) is 0 Å². The van der Waals surface area contributed by atoms with Crippen LogP contribution in [0.5, 0.6) is 11.5 Å². The first-order valence-electron chi connectivity index (χ1n) is 7.76. The van der Waals surface area contributed by atoms with E-state index in [2.05, 4.69) is 0 Å². The van der Waals surface area contributed by atoms with E-state index in [1.807, 2.05) is 23.1 Å². The number of amides is 1. The molecular weight excluding hydrogens is 282 g/mol. The molecule has 1 aromatic carbocycles. The lowest BCUT2D eigenvalue weighted by Gasteiger charge is -2.26. The van der Waals surface area contributed by atoms with Crippen molar-refractivity contribution in [2.45, 2.75) is 44.8 Å². The Labute approximate surface area is 131 Å². The molecule has 2 atom stereocenters. The highest BCUT2D eigenvalue weighted by molar-refractivity contribution is 5.77. The van der Waals surface area contributed by atoms with Gasteiger partial charge in [0, 0.05) is 13.0 Å². The molecule has 1 aromatic rings. The fourth-order valence-corrected chi connectivity index (χ4v) is 2.95. The third kappa shape index (κ3) is 3.71. The smallest absolute Gasteiger partial charge is 0.223 e. The number of nitrogens with zero attached hydrogens (tertiary/aromatic N) is 1. The summed E-state index contributed by atoms with van der Waals surface area (Å²) in [7, 11) is 3.22. The number of rotatable bonds is 6. The van der Waals surface area contributed by atoms with Gasteiger partial charge in [-0.3, -0.25) is 4.79 Å². The molecule has 1 aliphatic heterocycles. The summed E-state index contributed by atoms with van der Waals surface area (Å²) in [5.74, 6) is 1.48. The summed E-state index contributed by atoms with van der Waals surface area (Å²) < 4.78 is 10.6. The summed E-state index contributed by atoms with van der Waals surface area (Å²) in [6.45, 7) is 2.49. The Bertz CT molecular complexity index is 515. The van der Waals surface area contributed by atoms with E-state index in [9.17, 15) is 9.90 Å². The van der Waals surface area contributed by atoms with E-state index in [0.29, 0.717) is 24.3 Å². The van der Waals surface area contributed by atoms with Gasteiger partial charge in [0.05, 0.1) is 26.4 Å². The van der Waals surface area contributed by atoms with Crippen molar-refractivity contribution in [1.29, 1.82) is 0 Å². The van der Waals surface area contributed by atoms with Gasteiger partial charge in [-0.05, 0) is 43.9 Å². The molecule has 0 unspecified atom stereocenters. The van der Waals surface area contributed by atoms with Crippen molar-refractivity contribution in [3.05, 3.63) is 23.8 Å². The van der Waals surface area contributed by atoms with Crippen LogP contribution in [0.4, 0.5) is 0 Å². The number of hydrogen-bond donors (Lipinski definition) is 1. The SMILES string of the molecule is COc1ccc([C@@H]2CCCN2C(=O)CC[C@H](C)O)cc1OC. The third-order valence-corrected chi connectivity index (χ3v) is 4.14. The Balaban J connectivity index is 2.14. The molecule has 0 saturated carbocycles. The second-order valence-electron chi connectivity index (χ2n) is 5.75. The van der Waals surface area contributed by atoms with Crippen LogP contribution >= 0.6 is 0 Å². The van der Waals surface area contributed by atoms with Gasteiger partial charge < -0.3 is 19.5 Å². The molecule has 1 fully saturated rings. The minimum absolute atomic E-state index is 0.0845. The summed E-state index contributed by atoms with van der Waals surface area (Å²) >= 11 is 0. The van der Waals surface area contributed by atoms with Gasteiger partial charge in [-0.15, -0.1) is 0 Å². The first-order chi connectivity index (χ1) is 10.6. The molecule has 2 rings (SSSR count). The number of carbonyl (C=O) groups excluding carboxylic acids is 1. The predicted octanol–water partition coefficient (Wildman–Crippen LogP) is 2.53. The van der Waals surface area contributed by atoms with Gasteiger partial charge in [-0.2, -0.15) is 0 Å². The Kier molecular flexibility index (Phi) is 5.66. The van der Waals surface area contributed by atoms with Crippen molar-refractivity contribution in [3.63, 3.8) is 0 Å². The fourth-order valence-electron chi connectivity index (χ4n) is 2.95. The van der Waals surface area contributed by atoms with E-state index < -0.39 is 6.10 Å². The normalized spacial score (nSPS) is 19.1. The van der Waals surface area contributed by atoms with Gasteiger partial charge in [0.2, 0.25) is 5.91 Å². The summed E-state index contributed by atoms with van der Waals surface area (Å²) in [5, 5.41) is 9.35. The van der Waals surface area contributed by atoms with Gasteiger partial charge >= 0.3 is 0 Å². The van der Waals surface area contributed by atoms with E-state index in [-0.39, 0.29) is 11.9 Å². The molecule has 1 saturated heterocycles. The lowest BCUT2D eigenvalue weighted by Crippen LogP contribution is -2.30. The molecule has 0 spiro atoms. The van der Waals surface area contributed by atoms with Crippen LogP contribution in [0, 0.1) is 0 Å². The summed E-state index contributed by atoms with van der Waals surface area (Å²) in [5.41, 5.74) is 1.07. The second-order valence-corrected chi connectivity index (χ2v) is 5.75. The molecule has 0 aromatic heterocycles. The van der Waals surface area contributed by atoms with Crippen LogP contribution in [-0.2, 0) is 4.79 Å². The maximum Gasteiger partial charge on any atom is 0.223 e. The van der Waals surface area contributed by atoms with Crippen LogP contribution in [0.15, 0.2) is 18.2 Å². The molecule has 22 heavy (non-hydrogen) atoms. The summed E-state index contributed by atoms with van der Waals surface area (Å²) in [6.07, 6.45) is 2.41. The lowest BCUT2D eigenvalue weighted by atomic mass is 10.0. The molecule has 1 N–H and O–H groups in total. The van der Waals surface area contributed by atoms with Crippen LogP contribution in [-0.4, -0.2) is 42.8 Å². The number of likely N-dealkylation sites (tertiary alicyclic amines) is 1. The highest BCUT2D eigenvalue weighted by Gasteiger charge is 2.30. The van der Waals surface area contributed by atoms with Crippen molar-refractivity contribution in [2.24, 2.45) is 0 Å². The van der Waals surface area contributed by atoms with E-state index in [4.69, 9.17) is 9.47 Å². The molecule has 122 valence electrons. The summed E-state index contributed by atoms with van der Waals surface area (Å²) in [6, 6.07) is 5.90. The number of aliphatic hydroxyl groups excluding tert-OH is 1. The van der Waals surface area contributed by atoms with E-state index in [0.717, 1.165) is 24.9 Å². The molecule has 1 amide bonds. The maximum absolute atomic E-state index is 12.4. The second kappa shape index (κ2) is 7.49. The average Bonchev–Trinajstić information content (AvgIpc) is 3.01.